The molecule has 0 bridgehead atoms. The van der Waals surface area contributed by atoms with E-state index < -0.39 is 0 Å². The topological polar surface area (TPSA) is 51.8 Å². The van der Waals surface area contributed by atoms with Gasteiger partial charge in [0.1, 0.15) is 0 Å². The van der Waals surface area contributed by atoms with Gasteiger partial charge in [-0.1, -0.05) is 35.0 Å². The number of aromatic nitrogens is 3. The summed E-state index contributed by atoms with van der Waals surface area (Å²) in [5.41, 5.74) is 1.79. The van der Waals surface area contributed by atoms with Crippen LogP contribution in [0.2, 0.25) is 5.02 Å². The fourth-order valence-electron chi connectivity index (χ4n) is 1.74. The maximum absolute atomic E-state index is 6.10. The predicted molar refractivity (Wildman–Crippen MR) is 71.8 cm³/mol. The van der Waals surface area contributed by atoms with Gasteiger partial charge in [0.2, 0.25) is 11.7 Å². The fraction of sp³-hybridized carbons (Fsp3) is 0.0714. The third-order valence-electron chi connectivity index (χ3n) is 2.69. The quantitative estimate of drug-likeness (QED) is 0.733. The Labute approximate surface area is 115 Å². The first-order valence-electron chi connectivity index (χ1n) is 5.79. The van der Waals surface area contributed by atoms with Crippen LogP contribution in [0.4, 0.5) is 0 Å². The van der Waals surface area contributed by atoms with Gasteiger partial charge in [-0.25, -0.2) is 0 Å². The highest BCUT2D eigenvalue weighted by Crippen LogP contribution is 2.20. The smallest absolute Gasteiger partial charge is 0.231 e. The van der Waals surface area contributed by atoms with Crippen LogP contribution in [0.3, 0.4) is 0 Å². The number of hydrogen-bond donors (Lipinski definition) is 0. The molecule has 2 heterocycles. The maximum atomic E-state index is 6.10. The second-order valence-electron chi connectivity index (χ2n) is 4.02. The van der Waals surface area contributed by atoms with E-state index in [0.717, 1.165) is 11.1 Å². The van der Waals surface area contributed by atoms with Gasteiger partial charge in [-0.05, 0) is 23.8 Å². The van der Waals surface area contributed by atoms with Crippen LogP contribution in [0.15, 0.2) is 53.3 Å². The number of nitrogens with zero attached hydrogens (tertiary/aromatic N) is 3. The summed E-state index contributed by atoms with van der Waals surface area (Å²) >= 11 is 6.10. The molecule has 4 nitrogen and oxygen atoms in total. The summed E-state index contributed by atoms with van der Waals surface area (Å²) in [6.07, 6.45) is 3.92. The highest BCUT2D eigenvalue weighted by molar-refractivity contribution is 6.31. The Kier molecular flexibility index (Phi) is 3.25. The Morgan fingerprint density at radius 2 is 2.00 bits per heavy atom. The van der Waals surface area contributed by atoms with Crippen LogP contribution in [0.25, 0.3) is 11.4 Å². The molecular weight excluding hydrogens is 262 g/mol. The zero-order valence-electron chi connectivity index (χ0n) is 9.95. The summed E-state index contributed by atoms with van der Waals surface area (Å²) in [6.45, 7) is 0. The molecule has 94 valence electrons. The van der Waals surface area contributed by atoms with Gasteiger partial charge in [0, 0.05) is 23.0 Å². The third kappa shape index (κ3) is 2.63. The molecule has 1 aromatic carbocycles. The Balaban J connectivity index is 1.85. The van der Waals surface area contributed by atoms with Crippen LogP contribution < -0.4 is 0 Å². The third-order valence-corrected chi connectivity index (χ3v) is 3.06. The average molecular weight is 272 g/mol. The lowest BCUT2D eigenvalue weighted by Crippen LogP contribution is -1.89. The molecule has 0 saturated carbocycles. The van der Waals surface area contributed by atoms with Crippen molar-refractivity contribution in [2.75, 3.05) is 0 Å². The largest absolute Gasteiger partial charge is 0.339 e. The van der Waals surface area contributed by atoms with Crippen molar-refractivity contribution in [2.45, 2.75) is 6.42 Å². The lowest BCUT2D eigenvalue weighted by molar-refractivity contribution is 0.385. The van der Waals surface area contributed by atoms with Gasteiger partial charge < -0.3 is 4.52 Å². The van der Waals surface area contributed by atoms with Crippen LogP contribution >= 0.6 is 11.6 Å². The number of hydrogen-bond acceptors (Lipinski definition) is 4. The molecule has 0 radical (unpaired) electrons. The SMILES string of the molecule is Clc1ccccc1Cc1nc(-c2cccnc2)no1. The van der Waals surface area contributed by atoms with Crippen LogP contribution in [0.1, 0.15) is 11.5 Å². The van der Waals surface area contributed by atoms with Gasteiger partial charge in [0.05, 0.1) is 6.42 Å². The summed E-state index contributed by atoms with van der Waals surface area (Å²) in [4.78, 5) is 8.37. The van der Waals surface area contributed by atoms with Crippen molar-refractivity contribution in [3.8, 4) is 11.4 Å². The number of benzene rings is 1. The number of pyridine rings is 1. The van der Waals surface area contributed by atoms with Gasteiger partial charge in [0.15, 0.2) is 0 Å². The van der Waals surface area contributed by atoms with Crippen LogP contribution in [-0.2, 0) is 6.42 Å². The predicted octanol–water partition coefficient (Wildman–Crippen LogP) is 3.38. The first-order chi connectivity index (χ1) is 9.33. The summed E-state index contributed by atoms with van der Waals surface area (Å²) in [6, 6.07) is 11.3. The Morgan fingerprint density at radius 1 is 1.11 bits per heavy atom. The number of halogens is 1. The minimum Gasteiger partial charge on any atom is -0.339 e. The van der Waals surface area contributed by atoms with Crippen LogP contribution in [0.5, 0.6) is 0 Å². The maximum Gasteiger partial charge on any atom is 0.231 e. The Hall–Kier alpha value is -2.20. The van der Waals surface area contributed by atoms with E-state index in [0.29, 0.717) is 23.2 Å². The lowest BCUT2D eigenvalue weighted by Gasteiger charge is -1.98. The molecule has 3 aromatic rings. The van der Waals surface area contributed by atoms with E-state index in [4.69, 9.17) is 16.1 Å². The molecule has 0 fully saturated rings. The lowest BCUT2D eigenvalue weighted by atomic mass is 10.1. The molecule has 5 heteroatoms. The minimum atomic E-state index is 0.521. The Morgan fingerprint density at radius 3 is 2.79 bits per heavy atom. The molecule has 0 aliphatic carbocycles. The molecule has 0 amide bonds. The van der Waals surface area contributed by atoms with Crippen LogP contribution in [-0.4, -0.2) is 15.1 Å². The molecule has 2 aromatic heterocycles. The summed E-state index contributed by atoms with van der Waals surface area (Å²) in [5.74, 6) is 1.07. The molecular formula is C14H10ClN3O. The standard InChI is InChI=1S/C14H10ClN3O/c15-12-6-2-1-4-10(12)8-13-17-14(18-19-13)11-5-3-7-16-9-11/h1-7,9H,8H2. The van der Waals surface area contributed by atoms with Crippen molar-refractivity contribution in [1.29, 1.82) is 0 Å². The van der Waals surface area contributed by atoms with Crippen molar-refractivity contribution in [1.82, 2.24) is 15.1 Å². The van der Waals surface area contributed by atoms with Gasteiger partial charge in [-0.2, -0.15) is 4.98 Å². The first-order valence-corrected chi connectivity index (χ1v) is 6.17. The fourth-order valence-corrected chi connectivity index (χ4v) is 1.95. The molecule has 0 atom stereocenters. The number of rotatable bonds is 3. The van der Waals surface area contributed by atoms with Crippen molar-refractivity contribution in [2.24, 2.45) is 0 Å². The van der Waals surface area contributed by atoms with E-state index in [2.05, 4.69) is 15.1 Å². The average Bonchev–Trinajstić information content (AvgIpc) is 2.91. The summed E-state index contributed by atoms with van der Waals surface area (Å²) in [5, 5.41) is 4.64. The highest BCUT2D eigenvalue weighted by atomic mass is 35.5. The van der Waals surface area contributed by atoms with Gasteiger partial charge in [0.25, 0.3) is 0 Å². The van der Waals surface area contributed by atoms with Gasteiger partial charge in [-0.15, -0.1) is 0 Å². The summed E-state index contributed by atoms with van der Waals surface area (Å²) in [7, 11) is 0. The molecule has 19 heavy (non-hydrogen) atoms. The highest BCUT2D eigenvalue weighted by Gasteiger charge is 2.10. The van der Waals surface area contributed by atoms with Gasteiger partial charge in [-0.3, -0.25) is 4.98 Å². The second kappa shape index (κ2) is 5.20. The van der Waals surface area contributed by atoms with E-state index in [-0.39, 0.29) is 0 Å². The van der Waals surface area contributed by atoms with E-state index in [1.165, 1.54) is 0 Å². The van der Waals surface area contributed by atoms with Crippen molar-refractivity contribution in [3.05, 3.63) is 65.3 Å². The van der Waals surface area contributed by atoms with Crippen molar-refractivity contribution < 1.29 is 4.52 Å². The molecule has 0 aliphatic heterocycles. The zero-order valence-corrected chi connectivity index (χ0v) is 10.7. The molecule has 0 spiro atoms. The summed E-state index contributed by atoms with van der Waals surface area (Å²) < 4.78 is 5.23. The van der Waals surface area contributed by atoms with E-state index in [9.17, 15) is 0 Å². The van der Waals surface area contributed by atoms with E-state index >= 15 is 0 Å². The second-order valence-corrected chi connectivity index (χ2v) is 4.43. The monoisotopic (exact) mass is 271 g/mol. The molecule has 0 aliphatic rings. The van der Waals surface area contributed by atoms with Crippen molar-refractivity contribution in [3.63, 3.8) is 0 Å². The zero-order chi connectivity index (χ0) is 13.1. The molecule has 0 saturated heterocycles. The van der Waals surface area contributed by atoms with Gasteiger partial charge >= 0.3 is 0 Å². The first kappa shape index (κ1) is 11.9. The van der Waals surface area contributed by atoms with E-state index in [1.54, 1.807) is 12.4 Å². The van der Waals surface area contributed by atoms with Crippen LogP contribution in [0, 0.1) is 0 Å². The molecule has 0 N–H and O–H groups in total. The molecule has 0 unspecified atom stereocenters. The minimum absolute atomic E-state index is 0.521. The molecule has 3 rings (SSSR count). The Bertz CT molecular complexity index is 682. The normalized spacial score (nSPS) is 10.6. The van der Waals surface area contributed by atoms with E-state index in [1.807, 2.05) is 36.4 Å². The van der Waals surface area contributed by atoms with Crippen molar-refractivity contribution >= 4 is 11.6 Å².